The molecule has 0 aliphatic heterocycles. The van der Waals surface area contributed by atoms with Crippen molar-refractivity contribution >= 4 is 5.78 Å². The third-order valence-electron chi connectivity index (χ3n) is 3.91. The van der Waals surface area contributed by atoms with Crippen molar-refractivity contribution in [3.8, 4) is 0 Å². The van der Waals surface area contributed by atoms with Crippen LogP contribution in [0.2, 0.25) is 0 Å². The Balaban J connectivity index is 3.27. The first-order chi connectivity index (χ1) is 9.43. The Labute approximate surface area is 129 Å². The zero-order valence-electron chi connectivity index (χ0n) is 14.6. The summed E-state index contributed by atoms with van der Waals surface area (Å²) in [6.07, 6.45) is 7.51. The van der Waals surface area contributed by atoms with Crippen LogP contribution in [0.3, 0.4) is 0 Å². The summed E-state index contributed by atoms with van der Waals surface area (Å²) in [4.78, 5) is 11.2. The van der Waals surface area contributed by atoms with Gasteiger partial charge in [0.25, 0.3) is 0 Å². The van der Waals surface area contributed by atoms with Gasteiger partial charge in [-0.15, -0.1) is 0 Å². The third-order valence-corrected chi connectivity index (χ3v) is 3.91. The maximum Gasteiger partial charge on any atom is 0.130 e. The maximum absolute atomic E-state index is 11.2. The molecule has 1 N–H and O–H groups in total. The number of hydrogen-bond donors (Lipinski definition) is 1. The second-order valence-electron chi connectivity index (χ2n) is 8.17. The Morgan fingerprint density at radius 2 is 1.76 bits per heavy atom. The van der Waals surface area contributed by atoms with Crippen molar-refractivity contribution in [3.05, 3.63) is 35.1 Å². The summed E-state index contributed by atoms with van der Waals surface area (Å²) in [6.45, 7) is 14.4. The van der Waals surface area contributed by atoms with Crippen molar-refractivity contribution in [1.82, 2.24) is 0 Å². The molecular weight excluding hydrogens is 260 g/mol. The zero-order valence-corrected chi connectivity index (χ0v) is 14.6. The number of hydrogen-bond acceptors (Lipinski definition) is 2. The van der Waals surface area contributed by atoms with Gasteiger partial charge in [-0.05, 0) is 35.3 Å². The van der Waals surface area contributed by atoms with Gasteiger partial charge in [-0.25, -0.2) is 0 Å². The largest absolute Gasteiger partial charge is 0.511 e. The molecule has 1 rings (SSSR count). The van der Waals surface area contributed by atoms with E-state index in [2.05, 4.69) is 59.8 Å². The van der Waals surface area contributed by atoms with Crippen LogP contribution in [0, 0.1) is 16.7 Å². The van der Waals surface area contributed by atoms with Crippen LogP contribution in [-0.2, 0) is 4.79 Å². The van der Waals surface area contributed by atoms with E-state index in [0.29, 0.717) is 12.2 Å². The topological polar surface area (TPSA) is 37.3 Å². The Morgan fingerprint density at radius 1 is 1.19 bits per heavy atom. The van der Waals surface area contributed by atoms with Gasteiger partial charge in [-0.1, -0.05) is 59.8 Å². The van der Waals surface area contributed by atoms with Crippen LogP contribution in [0.5, 0.6) is 0 Å². The normalized spacial score (nSPS) is 20.3. The Bertz CT molecular complexity index is 491. The fourth-order valence-corrected chi connectivity index (χ4v) is 2.56. The van der Waals surface area contributed by atoms with Crippen molar-refractivity contribution in [1.29, 1.82) is 0 Å². The fraction of sp³-hybridized carbons (Fsp3) is 0.632. The van der Waals surface area contributed by atoms with Crippen LogP contribution in [0.4, 0.5) is 0 Å². The highest BCUT2D eigenvalue weighted by Gasteiger charge is 2.32. The van der Waals surface area contributed by atoms with Crippen molar-refractivity contribution in [2.45, 2.75) is 61.3 Å². The van der Waals surface area contributed by atoms with E-state index in [1.807, 2.05) is 0 Å². The van der Waals surface area contributed by atoms with E-state index in [4.69, 9.17) is 0 Å². The quantitative estimate of drug-likeness (QED) is 0.758. The van der Waals surface area contributed by atoms with Gasteiger partial charge in [0, 0.05) is 12.3 Å². The van der Waals surface area contributed by atoms with Gasteiger partial charge in [0.05, 0.1) is 0 Å². The molecule has 118 valence electrons. The lowest BCUT2D eigenvalue weighted by Crippen LogP contribution is -2.23. The monoisotopic (exact) mass is 290 g/mol. The Kier molecular flexibility index (Phi) is 5.25. The number of carbonyl (C=O) groups is 1. The molecule has 0 saturated carbocycles. The number of aliphatic hydroxyl groups is 1. The summed E-state index contributed by atoms with van der Waals surface area (Å²) in [5.41, 5.74) is 1.93. The smallest absolute Gasteiger partial charge is 0.130 e. The van der Waals surface area contributed by atoms with E-state index in [1.165, 1.54) is 0 Å². The minimum absolute atomic E-state index is 0.00203. The van der Waals surface area contributed by atoms with Gasteiger partial charge in [0.1, 0.15) is 11.5 Å². The second-order valence-corrected chi connectivity index (χ2v) is 8.17. The molecular formula is C19H30O2. The van der Waals surface area contributed by atoms with Gasteiger partial charge in [-0.2, -0.15) is 0 Å². The van der Waals surface area contributed by atoms with E-state index >= 15 is 0 Å². The van der Waals surface area contributed by atoms with Gasteiger partial charge in [0.2, 0.25) is 0 Å². The number of allylic oxidation sites excluding steroid dienone is 5. The molecule has 2 heteroatoms. The number of carbonyl (C=O) groups excluding carboxylic acids is 1. The van der Waals surface area contributed by atoms with Crippen molar-refractivity contribution < 1.29 is 9.90 Å². The molecule has 0 saturated heterocycles. The zero-order chi connectivity index (χ0) is 16.4. The SMILES string of the molecule is CC(=O)CCC1=CC(C(C)(C)C)=C(O)C(C(C)(C)C)C=C1. The highest BCUT2D eigenvalue weighted by Crippen LogP contribution is 2.41. The van der Waals surface area contributed by atoms with E-state index in [9.17, 15) is 9.90 Å². The van der Waals surface area contributed by atoms with Crippen LogP contribution < -0.4 is 0 Å². The third kappa shape index (κ3) is 4.87. The van der Waals surface area contributed by atoms with Gasteiger partial charge >= 0.3 is 0 Å². The van der Waals surface area contributed by atoms with Crippen LogP contribution >= 0.6 is 0 Å². The fourth-order valence-electron chi connectivity index (χ4n) is 2.56. The number of ketones is 1. The molecule has 1 atom stereocenters. The van der Waals surface area contributed by atoms with Crippen molar-refractivity contribution in [2.24, 2.45) is 16.7 Å². The number of rotatable bonds is 3. The maximum atomic E-state index is 11.2. The first-order valence-electron chi connectivity index (χ1n) is 7.74. The second kappa shape index (κ2) is 6.21. The lowest BCUT2D eigenvalue weighted by atomic mass is 9.75. The highest BCUT2D eigenvalue weighted by molar-refractivity contribution is 5.75. The molecule has 0 heterocycles. The van der Waals surface area contributed by atoms with Crippen molar-refractivity contribution in [3.63, 3.8) is 0 Å². The summed E-state index contributed by atoms with van der Waals surface area (Å²) >= 11 is 0. The predicted molar refractivity (Wildman–Crippen MR) is 89.2 cm³/mol. The lowest BCUT2D eigenvalue weighted by molar-refractivity contribution is -0.116. The molecule has 0 spiro atoms. The van der Waals surface area contributed by atoms with Crippen molar-refractivity contribution in [2.75, 3.05) is 0 Å². The average Bonchev–Trinajstić information content (AvgIpc) is 2.44. The van der Waals surface area contributed by atoms with Crippen LogP contribution in [-0.4, -0.2) is 10.9 Å². The average molecular weight is 290 g/mol. The molecule has 0 aromatic rings. The van der Waals surface area contributed by atoms with E-state index < -0.39 is 0 Å². The first-order valence-corrected chi connectivity index (χ1v) is 7.74. The standard InChI is InChI=1S/C19H30O2/c1-13(20)8-9-14-10-11-15(18(2,3)4)17(21)16(12-14)19(5,6)7/h10-12,15,21H,8-9H2,1-7H3. The summed E-state index contributed by atoms with van der Waals surface area (Å²) in [5, 5.41) is 10.8. The minimum Gasteiger partial charge on any atom is -0.511 e. The van der Waals surface area contributed by atoms with Gasteiger partial charge in [0.15, 0.2) is 0 Å². The summed E-state index contributed by atoms with van der Waals surface area (Å²) in [7, 11) is 0. The Morgan fingerprint density at radius 3 is 2.19 bits per heavy atom. The van der Waals surface area contributed by atoms with Gasteiger partial charge in [-0.3, -0.25) is 0 Å². The molecule has 1 aliphatic carbocycles. The summed E-state index contributed by atoms with van der Waals surface area (Å²) in [5.74, 6) is 0.660. The van der Waals surface area contributed by atoms with Crippen LogP contribution in [0.25, 0.3) is 0 Å². The molecule has 0 fully saturated rings. The predicted octanol–water partition coefficient (Wildman–Crippen LogP) is 5.37. The van der Waals surface area contributed by atoms with E-state index in [1.54, 1.807) is 6.92 Å². The molecule has 0 amide bonds. The van der Waals surface area contributed by atoms with Crippen LogP contribution in [0.1, 0.15) is 61.3 Å². The molecule has 0 radical (unpaired) electrons. The van der Waals surface area contributed by atoms with E-state index in [0.717, 1.165) is 17.6 Å². The minimum atomic E-state index is -0.124. The molecule has 0 aromatic carbocycles. The Hall–Kier alpha value is -1.31. The molecule has 1 aliphatic rings. The number of Topliss-reactive ketones (excluding diaryl/α,β-unsaturated/α-hetero) is 1. The summed E-state index contributed by atoms with van der Waals surface area (Å²) < 4.78 is 0. The molecule has 2 nitrogen and oxygen atoms in total. The molecule has 1 unspecified atom stereocenters. The summed E-state index contributed by atoms with van der Waals surface area (Å²) in [6, 6.07) is 0. The molecule has 0 aromatic heterocycles. The molecule has 0 bridgehead atoms. The van der Waals surface area contributed by atoms with E-state index in [-0.39, 0.29) is 22.5 Å². The van der Waals surface area contributed by atoms with Gasteiger partial charge < -0.3 is 9.90 Å². The number of aliphatic hydroxyl groups excluding tert-OH is 1. The molecule has 21 heavy (non-hydrogen) atoms. The lowest BCUT2D eigenvalue weighted by Gasteiger charge is -2.31. The van der Waals surface area contributed by atoms with Crippen LogP contribution in [0.15, 0.2) is 35.1 Å². The highest BCUT2D eigenvalue weighted by atomic mass is 16.3. The first kappa shape index (κ1) is 17.7.